The van der Waals surface area contributed by atoms with Crippen LogP contribution in [0.1, 0.15) is 46.6 Å². The molecule has 0 amide bonds. The highest BCUT2D eigenvalue weighted by Crippen LogP contribution is 2.23. The third-order valence-electron chi connectivity index (χ3n) is 3.89. The molecule has 0 saturated heterocycles. The van der Waals surface area contributed by atoms with E-state index < -0.39 is 0 Å². The molecule has 21 heavy (non-hydrogen) atoms. The van der Waals surface area contributed by atoms with Gasteiger partial charge in [-0.2, -0.15) is 0 Å². The third-order valence-corrected chi connectivity index (χ3v) is 3.89. The average molecular weight is 294 g/mol. The molecule has 0 aliphatic heterocycles. The fourth-order valence-corrected chi connectivity index (χ4v) is 2.43. The number of rotatable bonds is 7. The Balaban J connectivity index is 2.59. The molecule has 1 unspecified atom stereocenters. The molecule has 0 aliphatic rings. The number of hydrogen-bond donors (Lipinski definition) is 1. The van der Waals surface area contributed by atoms with Crippen molar-refractivity contribution in [2.45, 2.75) is 53.1 Å². The van der Waals surface area contributed by atoms with Crippen LogP contribution in [-0.2, 0) is 6.54 Å². The summed E-state index contributed by atoms with van der Waals surface area (Å²) in [7, 11) is 2.11. The maximum atomic E-state index is 13.2. The van der Waals surface area contributed by atoms with Crippen LogP contribution in [0.3, 0.4) is 0 Å². The van der Waals surface area contributed by atoms with E-state index in [0.717, 1.165) is 31.6 Å². The monoisotopic (exact) mass is 294 g/mol. The lowest BCUT2D eigenvalue weighted by molar-refractivity contribution is 0.164. The van der Waals surface area contributed by atoms with Crippen LogP contribution in [0.5, 0.6) is 0 Å². The summed E-state index contributed by atoms with van der Waals surface area (Å²) in [5.41, 5.74) is 1.38. The summed E-state index contributed by atoms with van der Waals surface area (Å²) in [4.78, 5) is 2.28. The topological polar surface area (TPSA) is 15.3 Å². The summed E-state index contributed by atoms with van der Waals surface area (Å²) in [5.74, 6) is -0.159. The molecule has 0 heterocycles. The predicted octanol–water partition coefficient (Wildman–Crippen LogP) is 4.06. The zero-order chi connectivity index (χ0) is 16.1. The van der Waals surface area contributed by atoms with Crippen molar-refractivity contribution in [3.05, 3.63) is 35.6 Å². The summed E-state index contributed by atoms with van der Waals surface area (Å²) in [6, 6.07) is 6.87. The Kier molecular flexibility index (Phi) is 6.36. The van der Waals surface area contributed by atoms with Gasteiger partial charge < -0.3 is 10.2 Å². The van der Waals surface area contributed by atoms with Crippen molar-refractivity contribution in [3.8, 4) is 0 Å². The summed E-state index contributed by atoms with van der Waals surface area (Å²) >= 11 is 0. The largest absolute Gasteiger partial charge is 0.311 e. The van der Waals surface area contributed by atoms with E-state index in [1.807, 2.05) is 6.07 Å². The second-order valence-electron chi connectivity index (χ2n) is 7.57. The second-order valence-corrected chi connectivity index (χ2v) is 7.57. The van der Waals surface area contributed by atoms with E-state index in [2.05, 4.69) is 51.9 Å². The van der Waals surface area contributed by atoms with E-state index in [4.69, 9.17) is 0 Å². The van der Waals surface area contributed by atoms with Crippen LogP contribution in [-0.4, -0.2) is 30.6 Å². The summed E-state index contributed by atoms with van der Waals surface area (Å²) < 4.78 is 13.2. The summed E-state index contributed by atoms with van der Waals surface area (Å²) in [6.45, 7) is 13.9. The molecular formula is C18H31FN2. The SMILES string of the molecule is CCC(C)(CNC(C)(C)C)CN(C)Cc1cccc(F)c1. The van der Waals surface area contributed by atoms with Crippen LogP contribution in [0, 0.1) is 11.2 Å². The van der Waals surface area contributed by atoms with Crippen LogP contribution in [0.2, 0.25) is 0 Å². The fourth-order valence-electron chi connectivity index (χ4n) is 2.43. The molecule has 2 nitrogen and oxygen atoms in total. The van der Waals surface area contributed by atoms with Crippen molar-refractivity contribution in [2.24, 2.45) is 5.41 Å². The minimum Gasteiger partial charge on any atom is -0.311 e. The van der Waals surface area contributed by atoms with E-state index in [0.29, 0.717) is 0 Å². The van der Waals surface area contributed by atoms with Crippen molar-refractivity contribution < 1.29 is 4.39 Å². The second kappa shape index (κ2) is 7.37. The molecule has 1 aromatic rings. The summed E-state index contributed by atoms with van der Waals surface area (Å²) in [5, 5.41) is 3.61. The third kappa shape index (κ3) is 7.05. The Hall–Kier alpha value is -0.930. The van der Waals surface area contributed by atoms with Crippen LogP contribution in [0.15, 0.2) is 24.3 Å². The highest BCUT2D eigenvalue weighted by Gasteiger charge is 2.25. The first-order valence-electron chi connectivity index (χ1n) is 7.81. The average Bonchev–Trinajstić information content (AvgIpc) is 2.35. The van der Waals surface area contributed by atoms with Gasteiger partial charge in [0.2, 0.25) is 0 Å². The lowest BCUT2D eigenvalue weighted by Crippen LogP contribution is -2.46. The molecule has 3 heteroatoms. The molecule has 0 saturated carbocycles. The fraction of sp³-hybridized carbons (Fsp3) is 0.667. The van der Waals surface area contributed by atoms with Crippen LogP contribution < -0.4 is 5.32 Å². The normalized spacial score (nSPS) is 15.2. The first-order valence-corrected chi connectivity index (χ1v) is 7.81. The van der Waals surface area contributed by atoms with Gasteiger partial charge in [0.15, 0.2) is 0 Å². The van der Waals surface area contributed by atoms with Crippen LogP contribution in [0.4, 0.5) is 4.39 Å². The van der Waals surface area contributed by atoms with Gasteiger partial charge >= 0.3 is 0 Å². The van der Waals surface area contributed by atoms with Gasteiger partial charge in [-0.25, -0.2) is 4.39 Å². The van der Waals surface area contributed by atoms with Crippen LogP contribution >= 0.6 is 0 Å². The smallest absolute Gasteiger partial charge is 0.123 e. The maximum absolute atomic E-state index is 13.2. The van der Waals surface area contributed by atoms with Gasteiger partial charge in [-0.15, -0.1) is 0 Å². The Labute approximate surface area is 129 Å². The Morgan fingerprint density at radius 1 is 1.19 bits per heavy atom. The number of nitrogens with zero attached hydrogens (tertiary/aromatic N) is 1. The quantitative estimate of drug-likeness (QED) is 0.816. The predicted molar refractivity (Wildman–Crippen MR) is 88.9 cm³/mol. The van der Waals surface area contributed by atoms with Gasteiger partial charge in [0.05, 0.1) is 0 Å². The van der Waals surface area contributed by atoms with Crippen molar-refractivity contribution in [3.63, 3.8) is 0 Å². The first-order chi connectivity index (χ1) is 9.63. The Bertz CT molecular complexity index is 439. The van der Waals surface area contributed by atoms with Crippen molar-refractivity contribution in [2.75, 3.05) is 20.1 Å². The number of nitrogens with one attached hydrogen (secondary N) is 1. The minimum atomic E-state index is -0.159. The standard InChI is InChI=1S/C18H31FN2/c1-7-18(5,13-20-17(2,3)4)14-21(6)12-15-9-8-10-16(19)11-15/h8-11,20H,7,12-14H2,1-6H3. The van der Waals surface area contributed by atoms with E-state index in [1.54, 1.807) is 12.1 Å². The van der Waals surface area contributed by atoms with Crippen molar-refractivity contribution >= 4 is 0 Å². The molecule has 0 fully saturated rings. The molecule has 1 atom stereocenters. The molecule has 120 valence electrons. The molecule has 1 rings (SSSR count). The van der Waals surface area contributed by atoms with Gasteiger partial charge in [-0.1, -0.05) is 26.0 Å². The molecule has 1 aromatic carbocycles. The summed E-state index contributed by atoms with van der Waals surface area (Å²) in [6.07, 6.45) is 1.11. The maximum Gasteiger partial charge on any atom is 0.123 e. The zero-order valence-corrected chi connectivity index (χ0v) is 14.5. The van der Waals surface area contributed by atoms with E-state index in [9.17, 15) is 4.39 Å². The number of halogens is 1. The van der Waals surface area contributed by atoms with Gasteiger partial charge in [-0.05, 0) is 57.4 Å². The van der Waals surface area contributed by atoms with Crippen molar-refractivity contribution in [1.82, 2.24) is 10.2 Å². The Morgan fingerprint density at radius 3 is 2.38 bits per heavy atom. The minimum absolute atomic E-state index is 0.136. The van der Waals surface area contributed by atoms with Gasteiger partial charge in [0, 0.05) is 25.2 Å². The molecule has 1 N–H and O–H groups in total. The molecule has 0 radical (unpaired) electrons. The van der Waals surface area contributed by atoms with Gasteiger partial charge in [0.25, 0.3) is 0 Å². The first kappa shape index (κ1) is 18.1. The highest BCUT2D eigenvalue weighted by molar-refractivity contribution is 5.16. The van der Waals surface area contributed by atoms with E-state index >= 15 is 0 Å². The molecule has 0 aliphatic carbocycles. The molecule has 0 aromatic heterocycles. The lowest BCUT2D eigenvalue weighted by atomic mass is 9.86. The van der Waals surface area contributed by atoms with E-state index in [1.165, 1.54) is 6.07 Å². The Morgan fingerprint density at radius 2 is 1.86 bits per heavy atom. The van der Waals surface area contributed by atoms with Gasteiger partial charge in [-0.3, -0.25) is 0 Å². The zero-order valence-electron chi connectivity index (χ0n) is 14.5. The number of benzene rings is 1. The van der Waals surface area contributed by atoms with Gasteiger partial charge in [0.1, 0.15) is 5.82 Å². The van der Waals surface area contributed by atoms with E-state index in [-0.39, 0.29) is 16.8 Å². The highest BCUT2D eigenvalue weighted by atomic mass is 19.1. The molecule has 0 bridgehead atoms. The molecular weight excluding hydrogens is 263 g/mol. The number of hydrogen-bond acceptors (Lipinski definition) is 2. The molecule has 0 spiro atoms. The van der Waals surface area contributed by atoms with Crippen molar-refractivity contribution in [1.29, 1.82) is 0 Å². The van der Waals surface area contributed by atoms with Crippen LogP contribution in [0.25, 0.3) is 0 Å². The lowest BCUT2D eigenvalue weighted by Gasteiger charge is -2.36.